The Hall–Kier alpha value is -1.65. The molecule has 40 heavy (non-hydrogen) atoms. The van der Waals surface area contributed by atoms with Gasteiger partial charge in [-0.3, -0.25) is 4.68 Å². The molecule has 4 aliphatic carbocycles. The molecule has 1 amide bonds. The number of ether oxygens (including phenoxy) is 1. The van der Waals surface area contributed by atoms with Gasteiger partial charge in [-0.15, -0.1) is 0 Å². The number of aliphatic hydroxyl groups excluding tert-OH is 2. The van der Waals surface area contributed by atoms with E-state index in [-0.39, 0.29) is 40.5 Å². The third kappa shape index (κ3) is 5.00. The van der Waals surface area contributed by atoms with Crippen molar-refractivity contribution >= 4 is 16.1 Å². The first kappa shape index (κ1) is 29.8. The van der Waals surface area contributed by atoms with Gasteiger partial charge in [-0.1, -0.05) is 34.1 Å². The maximum Gasteiger partial charge on any atom is 0.421 e. The number of amides is 1. The van der Waals surface area contributed by atoms with Crippen LogP contribution < -0.4 is 4.72 Å². The average molecular weight is 580 g/mol. The molecule has 10 heteroatoms. The van der Waals surface area contributed by atoms with Crippen molar-refractivity contribution in [3.63, 3.8) is 0 Å². The third-order valence-electron chi connectivity index (χ3n) is 12.2. The molecule has 4 fully saturated rings. The van der Waals surface area contributed by atoms with Gasteiger partial charge in [0, 0.05) is 13.2 Å². The number of hydrogen-bond donors (Lipinski definition) is 3. The van der Waals surface area contributed by atoms with Gasteiger partial charge < -0.3 is 14.9 Å². The number of fused-ring (bicyclic) bond motifs is 5. The highest BCUT2D eigenvalue weighted by atomic mass is 32.2. The third-order valence-corrected chi connectivity index (χ3v) is 13.4. The van der Waals surface area contributed by atoms with E-state index in [2.05, 4.69) is 32.8 Å². The van der Waals surface area contributed by atoms with Crippen LogP contribution in [0.25, 0.3) is 0 Å². The van der Waals surface area contributed by atoms with Gasteiger partial charge in [0.1, 0.15) is 4.90 Å². The highest BCUT2D eigenvalue weighted by Crippen LogP contribution is 2.69. The fourth-order valence-electron chi connectivity index (χ4n) is 10.2. The molecule has 0 bridgehead atoms. The molecule has 0 saturated heterocycles. The van der Waals surface area contributed by atoms with Crippen LogP contribution in [-0.4, -0.2) is 53.3 Å². The van der Waals surface area contributed by atoms with Crippen molar-refractivity contribution in [2.75, 3.05) is 6.61 Å². The molecule has 0 aliphatic heterocycles. The second-order valence-corrected chi connectivity index (χ2v) is 15.7. The molecule has 0 spiro atoms. The molecule has 11 atom stereocenters. The SMILES string of the molecule is CC[C@@H]1C2C[C@H](O)CCC2(C)[C@H]2CCC3(C)[C@@H]([C@H](C)CCOC(=O)NS(=O)(=O)c4cnn(C)c4)CC[C@H]3C2[C@@H]1O. The molecule has 9 nitrogen and oxygen atoms in total. The Balaban J connectivity index is 1.22. The largest absolute Gasteiger partial charge is 0.449 e. The number of sulfonamides is 1. The lowest BCUT2D eigenvalue weighted by atomic mass is 9.41. The minimum absolute atomic E-state index is 0.0827. The van der Waals surface area contributed by atoms with Crippen molar-refractivity contribution in [3.8, 4) is 0 Å². The Morgan fingerprint density at radius 3 is 2.52 bits per heavy atom. The van der Waals surface area contributed by atoms with E-state index in [4.69, 9.17) is 4.74 Å². The van der Waals surface area contributed by atoms with Crippen LogP contribution in [0.3, 0.4) is 0 Å². The van der Waals surface area contributed by atoms with Gasteiger partial charge in [-0.25, -0.2) is 17.9 Å². The Bertz CT molecular complexity index is 1190. The number of aromatic nitrogens is 2. The van der Waals surface area contributed by atoms with Gasteiger partial charge in [0.2, 0.25) is 0 Å². The van der Waals surface area contributed by atoms with Crippen LogP contribution in [0.15, 0.2) is 17.3 Å². The molecule has 0 radical (unpaired) electrons. The fourth-order valence-corrected chi connectivity index (χ4v) is 11.1. The minimum Gasteiger partial charge on any atom is -0.449 e. The molecule has 4 aliphatic rings. The molecule has 5 rings (SSSR count). The zero-order valence-corrected chi connectivity index (χ0v) is 25.6. The number of hydrogen-bond acceptors (Lipinski definition) is 7. The lowest BCUT2D eigenvalue weighted by molar-refractivity contribution is -0.203. The highest BCUT2D eigenvalue weighted by molar-refractivity contribution is 7.90. The molecule has 4 unspecified atom stereocenters. The summed E-state index contributed by atoms with van der Waals surface area (Å²) in [7, 11) is -2.41. The van der Waals surface area contributed by atoms with E-state index in [9.17, 15) is 23.4 Å². The molecule has 1 aromatic heterocycles. The van der Waals surface area contributed by atoms with Crippen LogP contribution in [0.5, 0.6) is 0 Å². The van der Waals surface area contributed by atoms with Crippen LogP contribution in [0.4, 0.5) is 4.79 Å². The summed E-state index contributed by atoms with van der Waals surface area (Å²) >= 11 is 0. The second kappa shape index (κ2) is 10.9. The summed E-state index contributed by atoms with van der Waals surface area (Å²) < 4.78 is 33.4. The summed E-state index contributed by atoms with van der Waals surface area (Å²) in [4.78, 5) is 12.2. The predicted molar refractivity (Wildman–Crippen MR) is 150 cm³/mol. The predicted octanol–water partition coefficient (Wildman–Crippen LogP) is 4.49. The monoisotopic (exact) mass is 579 g/mol. The molecule has 1 heterocycles. The van der Waals surface area contributed by atoms with E-state index in [1.165, 1.54) is 17.1 Å². The lowest BCUT2D eigenvalue weighted by Gasteiger charge is -2.64. The number of carbonyl (C=O) groups excluding carboxylic acids is 1. The maximum atomic E-state index is 12.4. The van der Waals surface area contributed by atoms with Crippen molar-refractivity contribution in [1.82, 2.24) is 14.5 Å². The Morgan fingerprint density at radius 1 is 1.15 bits per heavy atom. The van der Waals surface area contributed by atoms with Gasteiger partial charge in [-0.2, -0.15) is 5.10 Å². The van der Waals surface area contributed by atoms with Crippen LogP contribution in [0, 0.1) is 52.3 Å². The number of aryl methyl sites for hydroxylation is 1. The second-order valence-electron chi connectivity index (χ2n) is 14.0. The van der Waals surface area contributed by atoms with E-state index < -0.39 is 16.1 Å². The molecule has 4 saturated carbocycles. The van der Waals surface area contributed by atoms with Crippen molar-refractivity contribution in [2.45, 2.75) is 103 Å². The zero-order chi connectivity index (χ0) is 29.0. The molecule has 226 valence electrons. The van der Waals surface area contributed by atoms with Gasteiger partial charge in [-0.05, 0) is 104 Å². The molecular weight excluding hydrogens is 530 g/mol. The lowest BCUT2D eigenvalue weighted by Crippen LogP contribution is -2.62. The highest BCUT2D eigenvalue weighted by Gasteiger charge is 2.64. The van der Waals surface area contributed by atoms with Crippen molar-refractivity contribution in [2.24, 2.45) is 59.3 Å². The first-order valence-electron chi connectivity index (χ1n) is 15.4. The number of rotatable bonds is 7. The van der Waals surface area contributed by atoms with Crippen molar-refractivity contribution in [3.05, 3.63) is 12.4 Å². The number of nitrogens with zero attached hydrogens (tertiary/aromatic N) is 2. The molecular formula is C30H49N3O6S. The summed E-state index contributed by atoms with van der Waals surface area (Å²) in [5.41, 5.74) is 0.315. The number of aliphatic hydroxyl groups is 2. The maximum absolute atomic E-state index is 12.4. The van der Waals surface area contributed by atoms with Crippen LogP contribution >= 0.6 is 0 Å². The van der Waals surface area contributed by atoms with Gasteiger partial charge in [0.05, 0.1) is 25.0 Å². The van der Waals surface area contributed by atoms with E-state index in [0.29, 0.717) is 41.9 Å². The van der Waals surface area contributed by atoms with Crippen LogP contribution in [0.2, 0.25) is 0 Å². The van der Waals surface area contributed by atoms with E-state index >= 15 is 0 Å². The minimum atomic E-state index is -4.02. The Morgan fingerprint density at radius 2 is 1.85 bits per heavy atom. The topological polar surface area (TPSA) is 131 Å². The average Bonchev–Trinajstić information content (AvgIpc) is 3.48. The Labute approximate surface area is 239 Å². The molecule has 0 aromatic carbocycles. The molecule has 3 N–H and O–H groups in total. The first-order chi connectivity index (χ1) is 18.8. The van der Waals surface area contributed by atoms with Crippen molar-refractivity contribution in [1.29, 1.82) is 0 Å². The summed E-state index contributed by atoms with van der Waals surface area (Å²) in [5, 5.41) is 26.2. The smallest absolute Gasteiger partial charge is 0.421 e. The summed E-state index contributed by atoms with van der Waals surface area (Å²) in [6, 6.07) is 0. The van der Waals surface area contributed by atoms with E-state index in [1.54, 1.807) is 7.05 Å². The van der Waals surface area contributed by atoms with Gasteiger partial charge >= 0.3 is 6.09 Å². The number of carbonyl (C=O) groups is 1. The van der Waals surface area contributed by atoms with E-state index in [0.717, 1.165) is 51.4 Å². The summed E-state index contributed by atoms with van der Waals surface area (Å²) in [6.07, 6.45) is 9.88. The quantitative estimate of drug-likeness (QED) is 0.434. The van der Waals surface area contributed by atoms with Crippen LogP contribution in [-0.2, 0) is 21.8 Å². The Kier molecular flexibility index (Phi) is 8.11. The standard InChI is InChI=1S/C30H49N3O6S/c1-6-21-25-15-19(34)9-12-30(25,4)24-10-13-29(3)22(7-8-23(29)26(24)27(21)35)18(2)11-14-39-28(36)32-40(37,38)20-16-31-33(5)17-20/h16-19,21-27,34-35H,6-15H2,1-5H3,(H,32,36)/t18-,19-,21-,22-,23+,24+,25?,26?,27-,29?,30?/m1/s1. The fraction of sp³-hybridized carbons (Fsp3) is 0.867. The number of nitrogens with one attached hydrogen (secondary N) is 1. The first-order valence-corrected chi connectivity index (χ1v) is 16.8. The van der Waals surface area contributed by atoms with Crippen molar-refractivity contribution < 1.29 is 28.2 Å². The normalized spacial score (nSPS) is 41.9. The summed E-state index contributed by atoms with van der Waals surface area (Å²) in [6.45, 7) is 9.48. The zero-order valence-electron chi connectivity index (χ0n) is 24.8. The summed E-state index contributed by atoms with van der Waals surface area (Å²) in [5.74, 6) is 2.69. The van der Waals surface area contributed by atoms with Gasteiger partial charge in [0.25, 0.3) is 10.0 Å². The van der Waals surface area contributed by atoms with Crippen LogP contribution in [0.1, 0.15) is 85.5 Å². The van der Waals surface area contributed by atoms with E-state index in [1.807, 2.05) is 4.72 Å². The van der Waals surface area contributed by atoms with Gasteiger partial charge in [0.15, 0.2) is 0 Å². The molecule has 1 aromatic rings.